The highest BCUT2D eigenvalue weighted by Crippen LogP contribution is 2.31. The van der Waals surface area contributed by atoms with Gasteiger partial charge in [0.2, 0.25) is 0 Å². The minimum absolute atomic E-state index is 0.0820. The predicted molar refractivity (Wildman–Crippen MR) is 88.2 cm³/mol. The van der Waals surface area contributed by atoms with Gasteiger partial charge in [-0.05, 0) is 17.7 Å². The molecule has 0 spiro atoms. The average molecular weight is 417 g/mol. The number of hydrogen-bond acceptors (Lipinski definition) is 7. The van der Waals surface area contributed by atoms with E-state index in [-0.39, 0.29) is 17.7 Å². The fourth-order valence-corrected chi connectivity index (χ4v) is 3.29. The Bertz CT molecular complexity index is 872. The molecule has 1 aromatic carbocycles. The summed E-state index contributed by atoms with van der Waals surface area (Å²) in [5.74, 6) is -5.55. The van der Waals surface area contributed by atoms with Crippen molar-refractivity contribution >= 4 is 5.97 Å². The molecule has 9 nitrogen and oxygen atoms in total. The lowest BCUT2D eigenvalue weighted by atomic mass is 9.91. The third kappa shape index (κ3) is 4.40. The molecule has 2 aromatic rings. The van der Waals surface area contributed by atoms with Gasteiger partial charge in [0, 0.05) is 12.6 Å². The minimum Gasteiger partial charge on any atom is -0.481 e. The van der Waals surface area contributed by atoms with Crippen molar-refractivity contribution in [2.75, 3.05) is 6.61 Å². The number of benzene rings is 1. The summed E-state index contributed by atoms with van der Waals surface area (Å²) in [4.78, 5) is 11.0. The zero-order valence-electron chi connectivity index (χ0n) is 14.8. The van der Waals surface area contributed by atoms with Gasteiger partial charge in [-0.2, -0.15) is 0 Å². The first-order valence-corrected chi connectivity index (χ1v) is 8.59. The number of aliphatic hydroxyl groups is 3. The summed E-state index contributed by atoms with van der Waals surface area (Å²) in [7, 11) is 0. The van der Waals surface area contributed by atoms with Gasteiger partial charge in [0.15, 0.2) is 17.5 Å². The van der Waals surface area contributed by atoms with Gasteiger partial charge in [0.25, 0.3) is 0 Å². The predicted octanol–water partition coefficient (Wildman–Crippen LogP) is -0.216. The summed E-state index contributed by atoms with van der Waals surface area (Å²) < 4.78 is 46.1. The monoisotopic (exact) mass is 417 g/mol. The first-order chi connectivity index (χ1) is 13.7. The number of ether oxygens (including phenoxy) is 1. The van der Waals surface area contributed by atoms with E-state index in [1.165, 1.54) is 6.20 Å². The summed E-state index contributed by atoms with van der Waals surface area (Å²) in [6.45, 7) is -0.629. The van der Waals surface area contributed by atoms with Crippen LogP contribution >= 0.6 is 0 Å². The van der Waals surface area contributed by atoms with E-state index < -0.39 is 66.9 Å². The molecule has 5 atom stereocenters. The van der Waals surface area contributed by atoms with Gasteiger partial charge < -0.3 is 25.2 Å². The van der Waals surface area contributed by atoms with Crippen LogP contribution in [-0.4, -0.2) is 72.4 Å². The number of halogens is 3. The molecule has 0 radical (unpaired) electrons. The van der Waals surface area contributed by atoms with Crippen molar-refractivity contribution < 1.29 is 43.1 Å². The first-order valence-electron chi connectivity index (χ1n) is 8.59. The SMILES string of the molecule is O=C(O)CC1OC(CO)C(O)C(n2cc(Cc3cc(F)c(F)c(F)c3)nn2)C1O. The number of aliphatic carboxylic acids is 1. The molecular weight excluding hydrogens is 399 g/mol. The molecule has 1 saturated heterocycles. The standard InChI is InChI=1S/C17H18F3N3O6/c18-9-2-7(3-10(19)14(9)20)1-8-5-23(22-21-8)15-16(27)11(4-13(25)26)29-12(6-24)17(15)28/h2-3,5,11-12,15-17,24,27-28H,1,4,6H2,(H,25,26). The van der Waals surface area contributed by atoms with E-state index >= 15 is 0 Å². The molecule has 29 heavy (non-hydrogen) atoms. The maximum absolute atomic E-state index is 13.4. The normalized spacial score (nSPS) is 27.2. The average Bonchev–Trinajstić information content (AvgIpc) is 3.09. The highest BCUT2D eigenvalue weighted by molar-refractivity contribution is 5.67. The number of aliphatic hydroxyl groups excluding tert-OH is 3. The summed E-state index contributed by atoms with van der Waals surface area (Å²) in [5.41, 5.74) is 0.273. The van der Waals surface area contributed by atoms with Crippen LogP contribution in [0.2, 0.25) is 0 Å². The molecule has 0 aliphatic carbocycles. The fraction of sp³-hybridized carbons (Fsp3) is 0.471. The number of hydrogen-bond donors (Lipinski definition) is 4. The third-order valence-electron chi connectivity index (χ3n) is 4.66. The Balaban J connectivity index is 1.84. The Labute approximate surface area is 162 Å². The molecule has 158 valence electrons. The second kappa shape index (κ2) is 8.45. The largest absolute Gasteiger partial charge is 0.481 e. The topological polar surface area (TPSA) is 138 Å². The van der Waals surface area contributed by atoms with Gasteiger partial charge in [-0.15, -0.1) is 5.10 Å². The van der Waals surface area contributed by atoms with E-state index in [0.717, 1.165) is 16.8 Å². The quantitative estimate of drug-likeness (QED) is 0.474. The second-order valence-corrected chi connectivity index (χ2v) is 6.71. The van der Waals surface area contributed by atoms with Crippen LogP contribution in [0.25, 0.3) is 0 Å². The smallest absolute Gasteiger partial charge is 0.306 e. The van der Waals surface area contributed by atoms with Crippen LogP contribution in [0.4, 0.5) is 13.2 Å². The van der Waals surface area contributed by atoms with Crippen LogP contribution < -0.4 is 0 Å². The van der Waals surface area contributed by atoms with Gasteiger partial charge in [0.1, 0.15) is 24.4 Å². The van der Waals surface area contributed by atoms with Gasteiger partial charge >= 0.3 is 5.97 Å². The maximum Gasteiger partial charge on any atom is 0.306 e. The molecular formula is C17H18F3N3O6. The molecule has 1 aliphatic heterocycles. The van der Waals surface area contributed by atoms with Gasteiger partial charge in [0.05, 0.1) is 24.8 Å². The van der Waals surface area contributed by atoms with E-state index in [2.05, 4.69) is 10.3 Å². The Morgan fingerprint density at radius 1 is 1.14 bits per heavy atom. The zero-order chi connectivity index (χ0) is 21.3. The molecule has 5 unspecified atom stereocenters. The molecule has 4 N–H and O–H groups in total. The maximum atomic E-state index is 13.4. The van der Waals surface area contributed by atoms with Gasteiger partial charge in [-0.25, -0.2) is 17.9 Å². The van der Waals surface area contributed by atoms with Crippen molar-refractivity contribution in [1.29, 1.82) is 0 Å². The molecule has 2 heterocycles. The highest BCUT2D eigenvalue weighted by Gasteiger charge is 2.46. The Morgan fingerprint density at radius 2 is 1.76 bits per heavy atom. The highest BCUT2D eigenvalue weighted by atomic mass is 19.2. The van der Waals surface area contributed by atoms with E-state index in [1.807, 2.05) is 0 Å². The Kier molecular flexibility index (Phi) is 6.17. The third-order valence-corrected chi connectivity index (χ3v) is 4.66. The van der Waals surface area contributed by atoms with Crippen molar-refractivity contribution in [1.82, 2.24) is 15.0 Å². The molecule has 1 aromatic heterocycles. The molecule has 12 heteroatoms. The van der Waals surface area contributed by atoms with Crippen molar-refractivity contribution in [3.63, 3.8) is 0 Å². The number of carboxylic acid groups (broad SMARTS) is 1. The number of nitrogens with zero attached hydrogens (tertiary/aromatic N) is 3. The second-order valence-electron chi connectivity index (χ2n) is 6.71. The van der Waals surface area contributed by atoms with Crippen LogP contribution in [0.1, 0.15) is 23.7 Å². The molecule has 3 rings (SSSR count). The summed E-state index contributed by atoms with van der Waals surface area (Å²) in [6.07, 6.45) is -4.71. The van der Waals surface area contributed by atoms with Crippen molar-refractivity contribution in [2.24, 2.45) is 0 Å². The number of carboxylic acids is 1. The van der Waals surface area contributed by atoms with Gasteiger partial charge in [-0.3, -0.25) is 4.79 Å². The number of aromatic nitrogens is 3. The van der Waals surface area contributed by atoms with E-state index in [4.69, 9.17) is 9.84 Å². The molecule has 0 saturated carbocycles. The Hall–Kier alpha value is -2.54. The lowest BCUT2D eigenvalue weighted by Crippen LogP contribution is -2.56. The van der Waals surface area contributed by atoms with E-state index in [9.17, 15) is 33.3 Å². The van der Waals surface area contributed by atoms with Crippen molar-refractivity contribution in [3.05, 3.63) is 47.0 Å². The molecule has 1 fully saturated rings. The lowest BCUT2D eigenvalue weighted by molar-refractivity contribution is -0.209. The number of rotatable bonds is 6. The van der Waals surface area contributed by atoms with Crippen molar-refractivity contribution in [3.8, 4) is 0 Å². The van der Waals surface area contributed by atoms with Crippen LogP contribution in [0.15, 0.2) is 18.3 Å². The zero-order valence-corrected chi connectivity index (χ0v) is 14.8. The van der Waals surface area contributed by atoms with Crippen LogP contribution in [0.3, 0.4) is 0 Å². The molecule has 1 aliphatic rings. The van der Waals surface area contributed by atoms with Gasteiger partial charge in [-0.1, -0.05) is 5.21 Å². The van der Waals surface area contributed by atoms with E-state index in [1.54, 1.807) is 0 Å². The van der Waals surface area contributed by atoms with Crippen LogP contribution in [-0.2, 0) is 16.0 Å². The Morgan fingerprint density at radius 3 is 2.34 bits per heavy atom. The first kappa shape index (κ1) is 21.2. The van der Waals surface area contributed by atoms with Crippen molar-refractivity contribution in [2.45, 2.75) is 43.3 Å². The molecule has 0 amide bonds. The summed E-state index contributed by atoms with van der Waals surface area (Å²) >= 11 is 0. The number of carbonyl (C=O) groups is 1. The van der Waals surface area contributed by atoms with Crippen LogP contribution in [0.5, 0.6) is 0 Å². The van der Waals surface area contributed by atoms with E-state index in [0.29, 0.717) is 0 Å². The summed E-state index contributed by atoms with van der Waals surface area (Å²) in [5, 5.41) is 46.8. The molecule has 0 bridgehead atoms. The summed E-state index contributed by atoms with van der Waals surface area (Å²) in [6, 6.07) is 0.425. The fourth-order valence-electron chi connectivity index (χ4n) is 3.29. The minimum atomic E-state index is -1.59. The lowest BCUT2D eigenvalue weighted by Gasteiger charge is -2.41. The van der Waals surface area contributed by atoms with Crippen LogP contribution in [0, 0.1) is 17.5 Å².